The van der Waals surface area contributed by atoms with Crippen LogP contribution < -0.4 is 15.4 Å². The van der Waals surface area contributed by atoms with Crippen molar-refractivity contribution in [1.82, 2.24) is 14.8 Å². The van der Waals surface area contributed by atoms with E-state index in [1.165, 1.54) is 16.7 Å². The van der Waals surface area contributed by atoms with Gasteiger partial charge in [-0.3, -0.25) is 4.57 Å². The zero-order chi connectivity index (χ0) is 20.6. The standard InChI is InChI=1S/C21H26N6OS/c1-15-7-9-16(10-8-15)11-13-18-14-12-17-5-3-4-6-19(17)20-24-25-21(26(18)20)27(22)29(2,23)28/h3-10,18H,2,11-14,22H2,1H3,(H2,23,28). The Bertz CT molecular complexity index is 1120. The molecule has 0 aliphatic carbocycles. The SMILES string of the molecule is C=S(N)(=O)N(N)c1nnc2n1C(CCc1ccc(C)cc1)CCc1ccccc1-2. The van der Waals surface area contributed by atoms with Crippen LogP contribution in [-0.4, -0.2) is 24.8 Å². The highest BCUT2D eigenvalue weighted by Gasteiger charge is 2.29. The number of fused-ring (bicyclic) bond motifs is 3. The van der Waals surface area contributed by atoms with E-state index in [9.17, 15) is 4.21 Å². The Hall–Kier alpha value is -2.68. The van der Waals surface area contributed by atoms with Crippen molar-refractivity contribution < 1.29 is 4.21 Å². The average Bonchev–Trinajstić information content (AvgIpc) is 3.06. The molecule has 0 bridgehead atoms. The van der Waals surface area contributed by atoms with Gasteiger partial charge in [0, 0.05) is 11.6 Å². The molecule has 1 aliphatic heterocycles. The fourth-order valence-corrected chi connectivity index (χ4v) is 4.26. The van der Waals surface area contributed by atoms with E-state index in [0.29, 0.717) is 0 Å². The fraction of sp³-hybridized carbons (Fsp3) is 0.286. The highest BCUT2D eigenvalue weighted by atomic mass is 32.2. The van der Waals surface area contributed by atoms with Gasteiger partial charge in [0.25, 0.3) is 5.95 Å². The zero-order valence-electron chi connectivity index (χ0n) is 16.5. The first-order chi connectivity index (χ1) is 13.8. The number of aryl methyl sites for hydroxylation is 3. The second-order valence-corrected chi connectivity index (χ2v) is 9.36. The molecular weight excluding hydrogens is 384 g/mol. The quantitative estimate of drug-likeness (QED) is 0.383. The van der Waals surface area contributed by atoms with Crippen molar-refractivity contribution in [1.29, 1.82) is 0 Å². The normalized spacial score (nSPS) is 17.7. The van der Waals surface area contributed by atoms with Crippen LogP contribution in [0.5, 0.6) is 0 Å². The van der Waals surface area contributed by atoms with Crippen LogP contribution >= 0.6 is 0 Å². The lowest BCUT2D eigenvalue weighted by atomic mass is 9.98. The van der Waals surface area contributed by atoms with Crippen LogP contribution in [-0.2, 0) is 22.7 Å². The first-order valence-corrected chi connectivity index (χ1v) is 11.4. The number of benzene rings is 2. The number of nitrogens with zero attached hydrogens (tertiary/aromatic N) is 4. The van der Waals surface area contributed by atoms with Crippen LogP contribution in [0.3, 0.4) is 0 Å². The van der Waals surface area contributed by atoms with E-state index in [1.54, 1.807) is 0 Å². The molecule has 2 heterocycles. The zero-order valence-corrected chi connectivity index (χ0v) is 17.3. The maximum atomic E-state index is 12.3. The third-order valence-electron chi connectivity index (χ3n) is 5.47. The number of hydrazine groups is 1. The highest BCUT2D eigenvalue weighted by molar-refractivity contribution is 7.99. The van der Waals surface area contributed by atoms with Gasteiger partial charge in [-0.15, -0.1) is 10.2 Å². The molecule has 0 amide bonds. The summed E-state index contributed by atoms with van der Waals surface area (Å²) in [4.78, 5) is 0. The molecule has 152 valence electrons. The second kappa shape index (κ2) is 7.62. The molecule has 8 heteroatoms. The van der Waals surface area contributed by atoms with E-state index >= 15 is 0 Å². The number of hydrogen-bond donors (Lipinski definition) is 2. The van der Waals surface area contributed by atoms with Gasteiger partial charge in [0.2, 0.25) is 0 Å². The molecule has 1 aliphatic rings. The number of aromatic nitrogens is 3. The van der Waals surface area contributed by atoms with Gasteiger partial charge in [-0.2, -0.15) is 4.41 Å². The van der Waals surface area contributed by atoms with Crippen LogP contribution in [0.1, 0.15) is 35.6 Å². The summed E-state index contributed by atoms with van der Waals surface area (Å²) in [7, 11) is -3.16. The van der Waals surface area contributed by atoms with E-state index in [2.05, 4.69) is 53.3 Å². The summed E-state index contributed by atoms with van der Waals surface area (Å²) in [6.07, 6.45) is 3.61. The van der Waals surface area contributed by atoms with Crippen molar-refractivity contribution >= 4 is 21.7 Å². The minimum atomic E-state index is -3.16. The van der Waals surface area contributed by atoms with Crippen molar-refractivity contribution in [3.05, 3.63) is 65.2 Å². The first kappa shape index (κ1) is 19.6. The molecule has 7 nitrogen and oxygen atoms in total. The molecule has 1 aromatic heterocycles. The van der Waals surface area contributed by atoms with E-state index in [-0.39, 0.29) is 12.0 Å². The molecule has 2 atom stereocenters. The Morgan fingerprint density at radius 2 is 1.93 bits per heavy atom. The predicted octanol–water partition coefficient (Wildman–Crippen LogP) is 2.56. The lowest BCUT2D eigenvalue weighted by Crippen LogP contribution is -2.44. The molecule has 4 N–H and O–H groups in total. The second-order valence-electron chi connectivity index (χ2n) is 7.58. The summed E-state index contributed by atoms with van der Waals surface area (Å²) < 4.78 is 15.2. The molecule has 2 aromatic carbocycles. The van der Waals surface area contributed by atoms with Gasteiger partial charge in [-0.25, -0.2) is 15.2 Å². The van der Waals surface area contributed by atoms with Crippen molar-refractivity contribution in [3.63, 3.8) is 0 Å². The van der Waals surface area contributed by atoms with Gasteiger partial charge in [0.15, 0.2) is 5.82 Å². The number of hydrogen-bond acceptors (Lipinski definition) is 4. The topological polar surface area (TPSA) is 103 Å². The third-order valence-corrected chi connectivity index (χ3v) is 6.29. The maximum Gasteiger partial charge on any atom is 0.254 e. The smallest absolute Gasteiger partial charge is 0.254 e. The first-order valence-electron chi connectivity index (χ1n) is 9.63. The Labute approximate surface area is 171 Å². The Morgan fingerprint density at radius 1 is 1.21 bits per heavy atom. The van der Waals surface area contributed by atoms with E-state index in [1.807, 2.05) is 22.8 Å². The van der Waals surface area contributed by atoms with E-state index < -0.39 is 9.89 Å². The Kier molecular flexibility index (Phi) is 5.16. The number of anilines is 1. The molecule has 0 radical (unpaired) electrons. The van der Waals surface area contributed by atoms with Crippen LogP contribution in [0.2, 0.25) is 0 Å². The fourth-order valence-electron chi connectivity index (χ4n) is 3.86. The maximum absolute atomic E-state index is 12.3. The van der Waals surface area contributed by atoms with Crippen molar-refractivity contribution in [3.8, 4) is 11.4 Å². The number of rotatable bonds is 5. The van der Waals surface area contributed by atoms with E-state index in [0.717, 1.165) is 41.5 Å². The lowest BCUT2D eigenvalue weighted by molar-refractivity contribution is 0.445. The summed E-state index contributed by atoms with van der Waals surface area (Å²) in [5, 5.41) is 14.3. The van der Waals surface area contributed by atoms with Crippen LogP contribution in [0.15, 0.2) is 48.5 Å². The van der Waals surface area contributed by atoms with Crippen LogP contribution in [0.4, 0.5) is 5.95 Å². The number of nitrogens with two attached hydrogens (primary N) is 2. The van der Waals surface area contributed by atoms with E-state index in [4.69, 9.17) is 11.0 Å². The van der Waals surface area contributed by atoms with Gasteiger partial charge in [0.05, 0.1) is 0 Å². The van der Waals surface area contributed by atoms with Gasteiger partial charge in [-0.05, 0) is 49.6 Å². The molecule has 0 saturated carbocycles. The van der Waals surface area contributed by atoms with Crippen molar-refractivity contribution in [2.24, 2.45) is 11.0 Å². The molecule has 0 spiro atoms. The minimum Gasteiger partial charge on any atom is -0.288 e. The molecule has 0 fully saturated rings. The molecule has 29 heavy (non-hydrogen) atoms. The summed E-state index contributed by atoms with van der Waals surface area (Å²) in [5.74, 6) is 10.5. The monoisotopic (exact) mass is 410 g/mol. The third kappa shape index (κ3) is 3.91. The Balaban J connectivity index is 1.74. The summed E-state index contributed by atoms with van der Waals surface area (Å²) in [5.41, 5.74) is 4.76. The largest absolute Gasteiger partial charge is 0.288 e. The summed E-state index contributed by atoms with van der Waals surface area (Å²) in [6, 6.07) is 16.8. The molecule has 4 rings (SSSR count). The van der Waals surface area contributed by atoms with Crippen molar-refractivity contribution in [2.45, 2.75) is 38.6 Å². The summed E-state index contributed by atoms with van der Waals surface area (Å²) >= 11 is 0. The molecule has 2 unspecified atom stereocenters. The molecule has 3 aromatic rings. The van der Waals surface area contributed by atoms with Crippen LogP contribution in [0.25, 0.3) is 11.4 Å². The lowest BCUT2D eigenvalue weighted by Gasteiger charge is -2.24. The molecule has 0 saturated heterocycles. The minimum absolute atomic E-state index is 0.0940. The van der Waals surface area contributed by atoms with Gasteiger partial charge >= 0.3 is 0 Å². The highest BCUT2D eigenvalue weighted by Crippen LogP contribution is 2.37. The predicted molar refractivity (Wildman–Crippen MR) is 118 cm³/mol. The van der Waals surface area contributed by atoms with Gasteiger partial charge in [0.1, 0.15) is 9.89 Å². The van der Waals surface area contributed by atoms with Gasteiger partial charge < -0.3 is 0 Å². The van der Waals surface area contributed by atoms with Gasteiger partial charge in [-0.1, -0.05) is 54.1 Å². The summed E-state index contributed by atoms with van der Waals surface area (Å²) in [6.45, 7) is 2.08. The van der Waals surface area contributed by atoms with Crippen molar-refractivity contribution in [2.75, 3.05) is 4.41 Å². The Morgan fingerprint density at radius 3 is 2.66 bits per heavy atom. The van der Waals surface area contributed by atoms with Crippen LogP contribution in [0, 0.1) is 6.92 Å². The molecular formula is C21H26N6OS. The average molecular weight is 411 g/mol.